The van der Waals surface area contributed by atoms with Gasteiger partial charge < -0.3 is 9.80 Å². The summed E-state index contributed by atoms with van der Waals surface area (Å²) in [4.78, 5) is 17.6. The quantitative estimate of drug-likeness (QED) is 0.723. The molecule has 1 aromatic rings. The van der Waals surface area contributed by atoms with Gasteiger partial charge in [0.05, 0.1) is 10.8 Å². The molecule has 3 aliphatic rings. The molecule has 1 aromatic carbocycles. The van der Waals surface area contributed by atoms with E-state index in [1.807, 2.05) is 11.9 Å². The maximum absolute atomic E-state index is 13.0. The Labute approximate surface area is 178 Å². The summed E-state index contributed by atoms with van der Waals surface area (Å²) < 4.78 is 27.6. The SMILES string of the molecule is CC(C)CN1C[C@H]2C(=O)N(C)C3(CCN(S(=O)(=O)c4ccc(Cl)cc4)CC3)[C@H]2C1. The normalized spacial score (nSPS) is 27.9. The Hall–Kier alpha value is -1.15. The van der Waals surface area contributed by atoms with Gasteiger partial charge in [-0.25, -0.2) is 8.42 Å². The van der Waals surface area contributed by atoms with E-state index in [1.165, 1.54) is 0 Å². The molecular formula is C21H30ClN3O3S. The molecule has 3 fully saturated rings. The number of amides is 1. The zero-order chi connectivity index (χ0) is 21.0. The molecule has 0 radical (unpaired) electrons. The Balaban J connectivity index is 1.51. The Kier molecular flexibility index (Phi) is 5.47. The summed E-state index contributed by atoms with van der Waals surface area (Å²) in [5, 5.41) is 0.519. The first-order chi connectivity index (χ1) is 13.6. The number of hydrogen-bond donors (Lipinski definition) is 0. The van der Waals surface area contributed by atoms with Crippen molar-refractivity contribution in [3.05, 3.63) is 29.3 Å². The van der Waals surface area contributed by atoms with Crippen LogP contribution in [0.2, 0.25) is 5.02 Å². The number of carbonyl (C=O) groups excluding carboxylic acids is 1. The fourth-order valence-electron chi connectivity index (χ4n) is 5.64. The van der Waals surface area contributed by atoms with E-state index in [-0.39, 0.29) is 22.3 Å². The van der Waals surface area contributed by atoms with E-state index in [1.54, 1.807) is 28.6 Å². The number of rotatable bonds is 4. The molecule has 0 aromatic heterocycles. The first-order valence-corrected chi connectivity index (χ1v) is 12.2. The van der Waals surface area contributed by atoms with Gasteiger partial charge in [-0.05, 0) is 43.0 Å². The number of sulfonamides is 1. The molecule has 1 amide bonds. The summed E-state index contributed by atoms with van der Waals surface area (Å²) in [5.74, 6) is 1.15. The van der Waals surface area contributed by atoms with Gasteiger partial charge in [0.1, 0.15) is 0 Å². The van der Waals surface area contributed by atoms with Crippen LogP contribution in [-0.2, 0) is 14.8 Å². The van der Waals surface area contributed by atoms with Gasteiger partial charge in [-0.2, -0.15) is 4.31 Å². The standard InChI is InChI=1S/C21H30ClN3O3S/c1-15(2)12-24-13-18-19(14-24)21(23(3)20(18)26)8-10-25(11-9-21)29(27,28)17-6-4-16(22)5-7-17/h4-7,15,18-19H,8-14H2,1-3H3/t18-,19+/m1/s1. The van der Waals surface area contributed by atoms with Crippen LogP contribution in [0.3, 0.4) is 0 Å². The van der Waals surface area contributed by atoms with E-state index in [9.17, 15) is 13.2 Å². The molecule has 0 unspecified atom stereocenters. The molecule has 6 nitrogen and oxygen atoms in total. The first-order valence-electron chi connectivity index (χ1n) is 10.4. The summed E-state index contributed by atoms with van der Waals surface area (Å²) in [6.07, 6.45) is 1.39. The number of benzene rings is 1. The van der Waals surface area contributed by atoms with Gasteiger partial charge in [0.25, 0.3) is 0 Å². The monoisotopic (exact) mass is 439 g/mol. The Bertz CT molecular complexity index is 879. The minimum atomic E-state index is -3.54. The average Bonchev–Trinajstić information content (AvgIpc) is 3.17. The topological polar surface area (TPSA) is 60.9 Å². The van der Waals surface area contributed by atoms with Gasteiger partial charge in [0.2, 0.25) is 15.9 Å². The van der Waals surface area contributed by atoms with E-state index < -0.39 is 10.0 Å². The lowest BCUT2D eigenvalue weighted by Gasteiger charge is -2.46. The molecule has 0 N–H and O–H groups in total. The van der Waals surface area contributed by atoms with Crippen LogP contribution in [0, 0.1) is 17.8 Å². The molecule has 1 spiro atoms. The Morgan fingerprint density at radius 2 is 1.76 bits per heavy atom. The van der Waals surface area contributed by atoms with Gasteiger partial charge in [0.15, 0.2) is 0 Å². The van der Waals surface area contributed by atoms with Crippen LogP contribution < -0.4 is 0 Å². The highest BCUT2D eigenvalue weighted by Gasteiger charge is 2.60. The molecule has 4 rings (SSSR count). The predicted molar refractivity (Wildman–Crippen MR) is 113 cm³/mol. The zero-order valence-electron chi connectivity index (χ0n) is 17.3. The number of likely N-dealkylation sites (tertiary alicyclic amines) is 2. The number of fused-ring (bicyclic) bond motifs is 2. The minimum Gasteiger partial charge on any atom is -0.339 e. The second kappa shape index (κ2) is 7.52. The molecule has 0 saturated carbocycles. The molecule has 0 aliphatic carbocycles. The van der Waals surface area contributed by atoms with Crippen molar-refractivity contribution < 1.29 is 13.2 Å². The number of nitrogens with zero attached hydrogens (tertiary/aromatic N) is 3. The summed E-state index contributed by atoms with van der Waals surface area (Å²) in [5.41, 5.74) is -0.223. The van der Waals surface area contributed by atoms with E-state index in [2.05, 4.69) is 18.7 Å². The lowest BCUT2D eigenvalue weighted by Crippen LogP contribution is -2.56. The second-order valence-corrected chi connectivity index (χ2v) is 11.6. The summed E-state index contributed by atoms with van der Waals surface area (Å²) in [6.45, 7) is 8.07. The van der Waals surface area contributed by atoms with Crippen LogP contribution in [0.15, 0.2) is 29.2 Å². The van der Waals surface area contributed by atoms with Crippen molar-refractivity contribution in [1.82, 2.24) is 14.1 Å². The Morgan fingerprint density at radius 3 is 2.34 bits per heavy atom. The van der Waals surface area contributed by atoms with Gasteiger partial charge in [0, 0.05) is 56.3 Å². The van der Waals surface area contributed by atoms with E-state index in [4.69, 9.17) is 11.6 Å². The van der Waals surface area contributed by atoms with Crippen molar-refractivity contribution in [2.75, 3.05) is 39.8 Å². The van der Waals surface area contributed by atoms with Crippen molar-refractivity contribution in [2.24, 2.45) is 17.8 Å². The van der Waals surface area contributed by atoms with Crippen molar-refractivity contribution in [1.29, 1.82) is 0 Å². The minimum absolute atomic E-state index is 0.0539. The molecule has 8 heteroatoms. The number of carbonyl (C=O) groups is 1. The first kappa shape index (κ1) is 21.1. The van der Waals surface area contributed by atoms with E-state index in [0.717, 1.165) is 19.6 Å². The molecular weight excluding hydrogens is 410 g/mol. The summed E-state index contributed by atoms with van der Waals surface area (Å²) in [6, 6.07) is 6.33. The van der Waals surface area contributed by atoms with Crippen molar-refractivity contribution in [3.63, 3.8) is 0 Å². The lowest BCUT2D eigenvalue weighted by atomic mass is 9.75. The largest absolute Gasteiger partial charge is 0.339 e. The van der Waals surface area contributed by atoms with E-state index >= 15 is 0 Å². The summed E-state index contributed by atoms with van der Waals surface area (Å²) in [7, 11) is -1.63. The van der Waals surface area contributed by atoms with Gasteiger partial charge >= 0.3 is 0 Å². The number of hydrogen-bond acceptors (Lipinski definition) is 4. The van der Waals surface area contributed by atoms with Crippen LogP contribution in [0.25, 0.3) is 0 Å². The highest BCUT2D eigenvalue weighted by molar-refractivity contribution is 7.89. The Morgan fingerprint density at radius 1 is 1.14 bits per heavy atom. The van der Waals surface area contributed by atoms with Crippen LogP contribution >= 0.6 is 11.6 Å². The fraction of sp³-hybridized carbons (Fsp3) is 0.667. The average molecular weight is 440 g/mol. The zero-order valence-corrected chi connectivity index (χ0v) is 18.9. The highest BCUT2D eigenvalue weighted by atomic mass is 35.5. The van der Waals surface area contributed by atoms with E-state index in [0.29, 0.717) is 42.8 Å². The third-order valence-electron chi connectivity index (χ3n) is 7.06. The van der Waals surface area contributed by atoms with Crippen molar-refractivity contribution >= 4 is 27.5 Å². The summed E-state index contributed by atoms with van der Waals surface area (Å²) >= 11 is 5.90. The van der Waals surface area contributed by atoms with Crippen molar-refractivity contribution in [3.8, 4) is 0 Å². The van der Waals surface area contributed by atoms with Gasteiger partial charge in [-0.1, -0.05) is 25.4 Å². The lowest BCUT2D eigenvalue weighted by molar-refractivity contribution is -0.133. The fourth-order valence-corrected chi connectivity index (χ4v) is 7.21. The molecule has 160 valence electrons. The van der Waals surface area contributed by atoms with Crippen LogP contribution in [0.1, 0.15) is 26.7 Å². The molecule has 0 bridgehead atoms. The molecule has 2 atom stereocenters. The van der Waals surface area contributed by atoms with Crippen molar-refractivity contribution in [2.45, 2.75) is 37.1 Å². The third kappa shape index (κ3) is 3.50. The van der Waals surface area contributed by atoms with Crippen LogP contribution in [0.5, 0.6) is 0 Å². The second-order valence-electron chi connectivity index (χ2n) is 9.18. The maximum atomic E-state index is 13.0. The molecule has 29 heavy (non-hydrogen) atoms. The molecule has 3 aliphatic heterocycles. The molecule has 3 heterocycles. The smallest absolute Gasteiger partial charge is 0.243 e. The van der Waals surface area contributed by atoms with Gasteiger partial charge in [-0.3, -0.25) is 4.79 Å². The third-order valence-corrected chi connectivity index (χ3v) is 9.23. The predicted octanol–water partition coefficient (Wildman–Crippen LogP) is 2.54. The van der Waals surface area contributed by atoms with Crippen LogP contribution in [0.4, 0.5) is 0 Å². The number of piperidine rings is 1. The highest BCUT2D eigenvalue weighted by Crippen LogP contribution is 2.49. The van der Waals surface area contributed by atoms with Crippen LogP contribution in [-0.4, -0.2) is 73.7 Å². The number of halogens is 1. The van der Waals surface area contributed by atoms with Gasteiger partial charge in [-0.15, -0.1) is 0 Å². The molecule has 3 saturated heterocycles. The maximum Gasteiger partial charge on any atom is 0.243 e.